The number of aromatic nitrogens is 4. The fourth-order valence-corrected chi connectivity index (χ4v) is 3.36. The Labute approximate surface area is 153 Å². The van der Waals surface area contributed by atoms with Gasteiger partial charge in [0.2, 0.25) is 5.91 Å². The standard InChI is InChI=1S/C18H26N6O2/c1-4-23-16(6-7-19-23)18(26)22-9-5-8-21(10-11-22)17(25)13-24-15(3)12-14(2)20-24/h6-7,12H,4-5,8-11,13H2,1-3H3. The van der Waals surface area contributed by atoms with Crippen LogP contribution in [0.1, 0.15) is 35.2 Å². The SMILES string of the molecule is CCn1nccc1C(=O)N1CCCN(C(=O)Cn2nc(C)cc2C)CC1. The van der Waals surface area contributed by atoms with E-state index >= 15 is 0 Å². The minimum absolute atomic E-state index is 0.0165. The van der Waals surface area contributed by atoms with Crippen LogP contribution in [0.5, 0.6) is 0 Å². The molecule has 1 aliphatic rings. The number of nitrogens with zero attached hydrogens (tertiary/aromatic N) is 6. The lowest BCUT2D eigenvalue weighted by Gasteiger charge is -2.22. The van der Waals surface area contributed by atoms with Crippen LogP contribution in [0.3, 0.4) is 0 Å². The Morgan fingerprint density at radius 1 is 1.08 bits per heavy atom. The molecule has 8 nitrogen and oxygen atoms in total. The number of rotatable bonds is 4. The van der Waals surface area contributed by atoms with E-state index in [-0.39, 0.29) is 18.4 Å². The van der Waals surface area contributed by atoms with E-state index in [1.807, 2.05) is 36.6 Å². The molecule has 1 fully saturated rings. The highest BCUT2D eigenvalue weighted by molar-refractivity contribution is 5.92. The fourth-order valence-electron chi connectivity index (χ4n) is 3.36. The van der Waals surface area contributed by atoms with Crippen LogP contribution >= 0.6 is 0 Å². The highest BCUT2D eigenvalue weighted by Crippen LogP contribution is 2.11. The highest BCUT2D eigenvalue weighted by Gasteiger charge is 2.24. The van der Waals surface area contributed by atoms with Crippen molar-refractivity contribution in [3.05, 3.63) is 35.4 Å². The molecule has 140 valence electrons. The third-order valence-corrected chi connectivity index (χ3v) is 4.76. The predicted octanol–water partition coefficient (Wildman–Crippen LogP) is 1.09. The second-order valence-corrected chi connectivity index (χ2v) is 6.64. The summed E-state index contributed by atoms with van der Waals surface area (Å²) in [6.45, 7) is 9.14. The predicted molar refractivity (Wildman–Crippen MR) is 96.7 cm³/mol. The molecule has 0 unspecified atom stereocenters. The van der Waals surface area contributed by atoms with Crippen LogP contribution in [0.4, 0.5) is 0 Å². The van der Waals surface area contributed by atoms with Crippen LogP contribution in [0.15, 0.2) is 18.3 Å². The molecule has 26 heavy (non-hydrogen) atoms. The Morgan fingerprint density at radius 3 is 2.50 bits per heavy atom. The van der Waals surface area contributed by atoms with Gasteiger partial charge in [-0.25, -0.2) is 0 Å². The lowest BCUT2D eigenvalue weighted by molar-refractivity contribution is -0.131. The second-order valence-electron chi connectivity index (χ2n) is 6.64. The van der Waals surface area contributed by atoms with E-state index in [0.717, 1.165) is 17.8 Å². The summed E-state index contributed by atoms with van der Waals surface area (Å²) in [6.07, 6.45) is 2.42. The molecule has 1 saturated heterocycles. The van der Waals surface area contributed by atoms with Gasteiger partial charge in [-0.05, 0) is 39.3 Å². The van der Waals surface area contributed by atoms with Gasteiger partial charge in [0.1, 0.15) is 12.2 Å². The first-order chi connectivity index (χ1) is 12.5. The van der Waals surface area contributed by atoms with Gasteiger partial charge in [0.25, 0.3) is 5.91 Å². The zero-order valence-electron chi connectivity index (χ0n) is 15.7. The average molecular weight is 358 g/mol. The third-order valence-electron chi connectivity index (χ3n) is 4.76. The Balaban J connectivity index is 1.62. The smallest absolute Gasteiger partial charge is 0.272 e. The van der Waals surface area contributed by atoms with Crippen LogP contribution < -0.4 is 0 Å². The monoisotopic (exact) mass is 358 g/mol. The normalized spacial score (nSPS) is 15.2. The molecule has 3 rings (SSSR count). The molecule has 2 amide bonds. The molecule has 2 aromatic rings. The molecular formula is C18H26N6O2. The molecule has 2 aromatic heterocycles. The molecule has 0 N–H and O–H groups in total. The molecular weight excluding hydrogens is 332 g/mol. The van der Waals surface area contributed by atoms with Crippen LogP contribution in [-0.2, 0) is 17.9 Å². The Bertz CT molecular complexity index is 793. The maximum absolute atomic E-state index is 12.8. The van der Waals surface area contributed by atoms with Gasteiger partial charge >= 0.3 is 0 Å². The number of carbonyl (C=O) groups is 2. The number of aryl methyl sites for hydroxylation is 3. The van der Waals surface area contributed by atoms with E-state index < -0.39 is 0 Å². The summed E-state index contributed by atoms with van der Waals surface area (Å²) in [5, 5.41) is 8.53. The summed E-state index contributed by atoms with van der Waals surface area (Å²) in [6, 6.07) is 3.72. The summed E-state index contributed by atoms with van der Waals surface area (Å²) in [4.78, 5) is 29.0. The lowest BCUT2D eigenvalue weighted by Crippen LogP contribution is -2.39. The molecule has 0 bridgehead atoms. The van der Waals surface area contributed by atoms with Gasteiger partial charge in [-0.1, -0.05) is 0 Å². The van der Waals surface area contributed by atoms with Crippen molar-refractivity contribution in [2.75, 3.05) is 26.2 Å². The molecule has 1 aliphatic heterocycles. The van der Waals surface area contributed by atoms with E-state index in [0.29, 0.717) is 38.4 Å². The van der Waals surface area contributed by atoms with Crippen molar-refractivity contribution in [2.24, 2.45) is 0 Å². The first-order valence-electron chi connectivity index (χ1n) is 9.09. The zero-order chi connectivity index (χ0) is 18.7. The third kappa shape index (κ3) is 3.79. The molecule has 0 radical (unpaired) electrons. The lowest BCUT2D eigenvalue weighted by atomic mass is 10.3. The van der Waals surface area contributed by atoms with Crippen LogP contribution in [0, 0.1) is 13.8 Å². The summed E-state index contributed by atoms with van der Waals surface area (Å²) >= 11 is 0. The van der Waals surface area contributed by atoms with Crippen LogP contribution in [-0.4, -0.2) is 67.4 Å². The van der Waals surface area contributed by atoms with Crippen molar-refractivity contribution < 1.29 is 9.59 Å². The summed E-state index contributed by atoms with van der Waals surface area (Å²) in [7, 11) is 0. The highest BCUT2D eigenvalue weighted by atomic mass is 16.2. The Morgan fingerprint density at radius 2 is 1.81 bits per heavy atom. The van der Waals surface area contributed by atoms with E-state index in [9.17, 15) is 9.59 Å². The fraction of sp³-hybridized carbons (Fsp3) is 0.556. The first-order valence-corrected chi connectivity index (χ1v) is 9.09. The van der Waals surface area contributed by atoms with Crippen molar-refractivity contribution in [2.45, 2.75) is 40.3 Å². The minimum Gasteiger partial charge on any atom is -0.339 e. The van der Waals surface area contributed by atoms with E-state index in [2.05, 4.69) is 10.2 Å². The summed E-state index contributed by atoms with van der Waals surface area (Å²) < 4.78 is 3.45. The van der Waals surface area contributed by atoms with E-state index in [1.165, 1.54) is 0 Å². The summed E-state index contributed by atoms with van der Waals surface area (Å²) in [5.41, 5.74) is 2.50. The number of hydrogen-bond donors (Lipinski definition) is 0. The van der Waals surface area contributed by atoms with Crippen molar-refractivity contribution in [1.82, 2.24) is 29.4 Å². The minimum atomic E-state index is -0.0165. The Hall–Kier alpha value is -2.64. The second kappa shape index (κ2) is 7.72. The van der Waals surface area contributed by atoms with Crippen molar-refractivity contribution in [1.29, 1.82) is 0 Å². The van der Waals surface area contributed by atoms with Crippen molar-refractivity contribution >= 4 is 11.8 Å². The maximum atomic E-state index is 12.8. The molecule has 0 saturated carbocycles. The molecule has 0 atom stereocenters. The first kappa shape index (κ1) is 18.2. The number of carbonyl (C=O) groups excluding carboxylic acids is 2. The topological polar surface area (TPSA) is 76.3 Å². The molecule has 8 heteroatoms. The number of hydrogen-bond acceptors (Lipinski definition) is 4. The van der Waals surface area contributed by atoms with Gasteiger partial charge < -0.3 is 9.80 Å². The molecule has 0 spiro atoms. The Kier molecular flexibility index (Phi) is 5.39. The quantitative estimate of drug-likeness (QED) is 0.820. The van der Waals surface area contributed by atoms with E-state index in [1.54, 1.807) is 21.6 Å². The van der Waals surface area contributed by atoms with Crippen molar-refractivity contribution in [3.63, 3.8) is 0 Å². The van der Waals surface area contributed by atoms with Gasteiger partial charge in [0.15, 0.2) is 0 Å². The van der Waals surface area contributed by atoms with Gasteiger partial charge in [-0.15, -0.1) is 0 Å². The molecule has 0 aliphatic carbocycles. The van der Waals surface area contributed by atoms with Gasteiger partial charge in [0, 0.05) is 44.6 Å². The maximum Gasteiger partial charge on any atom is 0.272 e. The summed E-state index contributed by atoms with van der Waals surface area (Å²) in [5.74, 6) is 0.0290. The number of amides is 2. The van der Waals surface area contributed by atoms with Crippen LogP contribution in [0.25, 0.3) is 0 Å². The molecule has 0 aromatic carbocycles. The van der Waals surface area contributed by atoms with Gasteiger partial charge in [-0.2, -0.15) is 10.2 Å². The van der Waals surface area contributed by atoms with Crippen molar-refractivity contribution in [3.8, 4) is 0 Å². The molecule has 3 heterocycles. The van der Waals surface area contributed by atoms with Crippen LogP contribution in [0.2, 0.25) is 0 Å². The van der Waals surface area contributed by atoms with Gasteiger partial charge in [0.05, 0.1) is 5.69 Å². The van der Waals surface area contributed by atoms with E-state index in [4.69, 9.17) is 0 Å². The average Bonchev–Trinajstić information content (AvgIpc) is 3.11. The largest absolute Gasteiger partial charge is 0.339 e. The zero-order valence-corrected chi connectivity index (χ0v) is 15.7. The van der Waals surface area contributed by atoms with Gasteiger partial charge in [-0.3, -0.25) is 19.0 Å².